The van der Waals surface area contributed by atoms with Crippen LogP contribution in [0.1, 0.15) is 75.0 Å². The van der Waals surface area contributed by atoms with Crippen LogP contribution in [0.2, 0.25) is 0 Å². The second kappa shape index (κ2) is 18.1. The van der Waals surface area contributed by atoms with E-state index < -0.39 is 10.8 Å². The quantitative estimate of drug-likeness (QED) is 0.172. The van der Waals surface area contributed by atoms with Gasteiger partial charge in [-0.2, -0.15) is 0 Å². The smallest absolute Gasteiger partial charge is 0.143 e. The molecule has 0 saturated heterocycles. The molecule has 2 spiro atoms. The van der Waals surface area contributed by atoms with Gasteiger partial charge in [0.25, 0.3) is 0 Å². The summed E-state index contributed by atoms with van der Waals surface area (Å²) in [5, 5.41) is 4.62. The number of aryl methyl sites for hydroxylation is 1. The first-order valence-corrected chi connectivity index (χ1v) is 32.6. The van der Waals surface area contributed by atoms with Gasteiger partial charge in [0.2, 0.25) is 0 Å². The number of hydrogen-bond donors (Lipinski definition) is 0. The number of fused-ring (bicyclic) bond motifs is 31. The van der Waals surface area contributed by atoms with Gasteiger partial charge in [-0.15, -0.1) is 0 Å². The van der Waals surface area contributed by atoms with Crippen LogP contribution in [-0.2, 0) is 16.2 Å². The molecule has 5 aliphatic rings. The normalized spacial score (nSPS) is 14.7. The highest BCUT2D eigenvalue weighted by molar-refractivity contribution is 6.20. The van der Waals surface area contributed by atoms with Gasteiger partial charge >= 0.3 is 0 Å². The fourth-order valence-corrected chi connectivity index (χ4v) is 18.3. The van der Waals surface area contributed by atoms with E-state index in [1.807, 2.05) is 0 Å². The van der Waals surface area contributed by atoms with E-state index >= 15 is 0 Å². The van der Waals surface area contributed by atoms with Crippen LogP contribution in [0, 0.1) is 6.92 Å². The third-order valence-electron chi connectivity index (χ3n) is 22.2. The molecule has 0 saturated carbocycles. The maximum absolute atomic E-state index is 7.00. The molecule has 2 heterocycles. The lowest BCUT2D eigenvalue weighted by atomic mass is 9.68. The molecule has 93 heavy (non-hydrogen) atoms. The second-order valence-electron chi connectivity index (χ2n) is 26.9. The third-order valence-corrected chi connectivity index (χ3v) is 22.2. The van der Waals surface area contributed by atoms with E-state index in [1.54, 1.807) is 0 Å². The largest absolute Gasteiger partial charge is 0.456 e. The molecule has 0 radical (unpaired) electrons. The molecule has 14 aromatic carbocycles. The van der Waals surface area contributed by atoms with Crippen molar-refractivity contribution in [2.45, 2.75) is 37.0 Å². The van der Waals surface area contributed by atoms with Crippen molar-refractivity contribution in [1.29, 1.82) is 0 Å². The zero-order valence-corrected chi connectivity index (χ0v) is 51.5. The minimum absolute atomic E-state index is 0.380. The van der Waals surface area contributed by atoms with Gasteiger partial charge in [-0.3, -0.25) is 0 Å². The molecule has 0 atom stereocenters. The van der Waals surface area contributed by atoms with Crippen LogP contribution in [-0.4, -0.2) is 0 Å². The van der Waals surface area contributed by atoms with E-state index in [9.17, 15) is 0 Å². The zero-order chi connectivity index (χ0) is 61.2. The van der Waals surface area contributed by atoms with Gasteiger partial charge < -0.3 is 13.7 Å². The first-order valence-electron chi connectivity index (χ1n) is 32.6. The summed E-state index contributed by atoms with van der Waals surface area (Å²) < 4.78 is 13.8. The summed E-state index contributed by atoms with van der Waals surface area (Å²) >= 11 is 0. The van der Waals surface area contributed by atoms with Crippen LogP contribution in [0.5, 0.6) is 0 Å². The maximum Gasteiger partial charge on any atom is 0.143 e. The van der Waals surface area contributed by atoms with Gasteiger partial charge in [-0.05, 0) is 207 Å². The second-order valence-corrected chi connectivity index (χ2v) is 26.9. The lowest BCUT2D eigenvalue weighted by Crippen LogP contribution is -2.27. The molecule has 0 aliphatic heterocycles. The molecule has 0 N–H and O–H groups in total. The molecule has 16 aromatic rings. The Bertz CT molecular complexity index is 5900. The first-order chi connectivity index (χ1) is 45.8. The minimum atomic E-state index is -0.673. The van der Waals surface area contributed by atoms with E-state index in [4.69, 9.17) is 8.83 Å². The molecule has 5 aliphatic carbocycles. The van der Waals surface area contributed by atoms with Crippen LogP contribution in [0.3, 0.4) is 0 Å². The fourth-order valence-electron chi connectivity index (χ4n) is 18.3. The molecule has 0 fully saturated rings. The lowest BCUT2D eigenvalue weighted by Gasteiger charge is -2.33. The number of anilines is 3. The van der Waals surface area contributed by atoms with Crippen LogP contribution >= 0.6 is 0 Å². The molecule has 0 bridgehead atoms. The monoisotopic (exact) mass is 1180 g/mol. The predicted octanol–water partition coefficient (Wildman–Crippen LogP) is 23.6. The molecule has 2 aromatic heterocycles. The van der Waals surface area contributed by atoms with Crippen LogP contribution < -0.4 is 4.90 Å². The third kappa shape index (κ3) is 6.39. The van der Waals surface area contributed by atoms with E-state index in [0.29, 0.717) is 0 Å². The van der Waals surface area contributed by atoms with Crippen molar-refractivity contribution in [3.8, 4) is 77.9 Å². The number of para-hydroxylation sites is 3. The van der Waals surface area contributed by atoms with Gasteiger partial charge in [0, 0.05) is 49.6 Å². The molecular formula is C90H57NO2. The summed E-state index contributed by atoms with van der Waals surface area (Å²) in [7, 11) is 0. The maximum atomic E-state index is 7.00. The summed E-state index contributed by atoms with van der Waals surface area (Å²) in [5.41, 5.74) is 36.9. The number of rotatable bonds is 5. The Morgan fingerprint density at radius 2 is 0.742 bits per heavy atom. The Hall–Kier alpha value is -11.5. The van der Waals surface area contributed by atoms with E-state index in [0.717, 1.165) is 61.3 Å². The molecular weight excluding hydrogens is 1130 g/mol. The van der Waals surface area contributed by atoms with Crippen molar-refractivity contribution in [1.82, 2.24) is 0 Å². The van der Waals surface area contributed by atoms with Crippen molar-refractivity contribution >= 4 is 60.9 Å². The number of furan rings is 2. The van der Waals surface area contributed by atoms with Gasteiger partial charge in [0.15, 0.2) is 0 Å². The van der Waals surface area contributed by atoms with Crippen LogP contribution in [0.4, 0.5) is 17.1 Å². The summed E-state index contributed by atoms with van der Waals surface area (Å²) in [4.78, 5) is 2.54. The van der Waals surface area contributed by atoms with Crippen molar-refractivity contribution in [3.05, 3.63) is 352 Å². The molecule has 0 amide bonds. The van der Waals surface area contributed by atoms with Crippen LogP contribution in [0.25, 0.3) is 122 Å². The molecule has 0 unspecified atom stereocenters. The summed E-state index contributed by atoms with van der Waals surface area (Å²) in [6, 6.07) is 110. The van der Waals surface area contributed by atoms with Gasteiger partial charge in [-0.1, -0.05) is 238 Å². The highest BCUT2D eigenvalue weighted by atomic mass is 16.3. The Balaban J connectivity index is 0.802. The molecule has 434 valence electrons. The van der Waals surface area contributed by atoms with Crippen molar-refractivity contribution in [3.63, 3.8) is 0 Å². The summed E-state index contributed by atoms with van der Waals surface area (Å²) in [6.45, 7) is 7.10. The highest BCUT2D eigenvalue weighted by Gasteiger charge is 2.57. The Morgan fingerprint density at radius 3 is 1.40 bits per heavy atom. The van der Waals surface area contributed by atoms with Crippen LogP contribution in [0.15, 0.2) is 300 Å². The average molecular weight is 1180 g/mol. The fraction of sp³-hybridized carbons (Fsp3) is 0.0667. The summed E-state index contributed by atoms with van der Waals surface area (Å²) in [6.07, 6.45) is 0. The van der Waals surface area contributed by atoms with Crippen molar-refractivity contribution < 1.29 is 8.83 Å². The highest BCUT2D eigenvalue weighted by Crippen LogP contribution is 2.70. The van der Waals surface area contributed by atoms with Crippen molar-refractivity contribution in [2.24, 2.45) is 0 Å². The number of hydrogen-bond acceptors (Lipinski definition) is 3. The molecule has 3 heteroatoms. The van der Waals surface area contributed by atoms with Gasteiger partial charge in [0.1, 0.15) is 22.3 Å². The van der Waals surface area contributed by atoms with Gasteiger partial charge in [-0.25, -0.2) is 0 Å². The predicted molar refractivity (Wildman–Crippen MR) is 381 cm³/mol. The zero-order valence-electron chi connectivity index (χ0n) is 51.5. The summed E-state index contributed by atoms with van der Waals surface area (Å²) in [5.74, 6) is 0. The van der Waals surface area contributed by atoms with E-state index in [1.165, 1.54) is 139 Å². The van der Waals surface area contributed by atoms with E-state index in [-0.39, 0.29) is 5.41 Å². The standard InChI is InChI=1S/C90H57NO2/c1-52-21-7-18-34-79(52)91(56-42-44-63-74(47-56)88(2,3)78-49-66(55-39-37-54(38-40-55)53-22-5-4-6-23-53)87-86(83(63)78)65-29-13-20-36-81(65)93-87)57-41-43-62-67-50-77-68(51-76(67)90(75(62)48-57)71-32-16-10-26-60(71)61-27-11-17-33-72(61)90)84-73(45-46-82-85(84)64-28-12-19-35-80(64)92-82)89(77)69-30-14-8-24-58(69)59-25-9-15-31-70(59)89/h4-51H,1-3H3. The SMILES string of the molecule is Cc1ccccc1N(c1ccc2c(c1)C(C)(C)c1cc(-c3ccc(-c4ccccc4)cc3)c3oc4ccccc4c3c1-2)c1ccc2c(c1)C1(c3ccccc3-c3ccccc31)c1cc3c(cc1-2)C1(c2ccccc2-c2ccccc21)c1ccc2oc4ccccc4c2c1-3. The number of nitrogens with zero attached hydrogens (tertiary/aromatic N) is 1. The number of benzene rings is 14. The minimum Gasteiger partial charge on any atom is -0.456 e. The Labute approximate surface area is 538 Å². The first kappa shape index (κ1) is 51.2. The topological polar surface area (TPSA) is 29.5 Å². The van der Waals surface area contributed by atoms with Gasteiger partial charge in [0.05, 0.1) is 10.8 Å². The van der Waals surface area contributed by atoms with Crippen molar-refractivity contribution in [2.75, 3.05) is 4.90 Å². The molecule has 3 nitrogen and oxygen atoms in total. The Kier molecular flexibility index (Phi) is 9.99. The lowest BCUT2D eigenvalue weighted by molar-refractivity contribution is 0.657. The van der Waals surface area contributed by atoms with E-state index in [2.05, 4.69) is 317 Å². The Morgan fingerprint density at radius 1 is 0.280 bits per heavy atom. The average Bonchev–Trinajstić information content (AvgIpc) is 1.49. The molecule has 21 rings (SSSR count).